The lowest BCUT2D eigenvalue weighted by Gasteiger charge is -2.25. The van der Waals surface area contributed by atoms with Crippen molar-refractivity contribution >= 4 is 23.0 Å². The summed E-state index contributed by atoms with van der Waals surface area (Å²) in [5, 5.41) is 2.88. The Kier molecular flexibility index (Phi) is 5.29. The van der Waals surface area contributed by atoms with Gasteiger partial charge in [0.2, 0.25) is 17.5 Å². The number of carbonyl (C=O) groups excluding carboxylic acids is 2. The Morgan fingerprint density at radius 3 is 2.72 bits per heavy atom. The summed E-state index contributed by atoms with van der Waals surface area (Å²) in [4.78, 5) is 35.3. The van der Waals surface area contributed by atoms with E-state index in [1.54, 1.807) is 23.2 Å². The molecule has 0 saturated heterocycles. The summed E-state index contributed by atoms with van der Waals surface area (Å²) < 4.78 is 5.68. The van der Waals surface area contributed by atoms with Crippen LogP contribution in [0.3, 0.4) is 0 Å². The molecule has 2 heterocycles. The molecule has 150 valence electrons. The molecule has 7 heteroatoms. The monoisotopic (exact) mass is 392 g/mol. The van der Waals surface area contributed by atoms with Gasteiger partial charge in [0.15, 0.2) is 0 Å². The number of rotatable bonds is 5. The number of aromatic nitrogens is 2. The summed E-state index contributed by atoms with van der Waals surface area (Å²) in [5.74, 6) is 0.516. The van der Waals surface area contributed by atoms with Crippen molar-refractivity contribution in [3.05, 3.63) is 48.2 Å². The Balaban J connectivity index is 1.44. The van der Waals surface area contributed by atoms with E-state index in [2.05, 4.69) is 15.3 Å². The molecule has 2 unspecified atom stereocenters. The Bertz CT molecular complexity index is 995. The van der Waals surface area contributed by atoms with Crippen LogP contribution in [0, 0.1) is 5.92 Å². The van der Waals surface area contributed by atoms with Gasteiger partial charge in [-0.3, -0.25) is 9.59 Å². The standard InChI is InChI=1S/C22H24N4O3/c1-3-23-19(27)16-10-11-17(13-16)26(2)22(28)15-8-6-14(7-9-15)20-25-18-5-4-12-24-21(18)29-20/h4-9,12,16-17H,3,10-11,13H2,1-2H3,(H,23,27). The van der Waals surface area contributed by atoms with Crippen molar-refractivity contribution in [2.75, 3.05) is 13.6 Å². The zero-order valence-corrected chi connectivity index (χ0v) is 16.6. The van der Waals surface area contributed by atoms with E-state index in [-0.39, 0.29) is 23.8 Å². The number of hydrogen-bond donors (Lipinski definition) is 1. The van der Waals surface area contributed by atoms with Gasteiger partial charge < -0.3 is 14.6 Å². The van der Waals surface area contributed by atoms with E-state index < -0.39 is 0 Å². The normalized spacial score (nSPS) is 18.7. The highest BCUT2D eigenvalue weighted by Gasteiger charge is 2.33. The molecule has 29 heavy (non-hydrogen) atoms. The smallest absolute Gasteiger partial charge is 0.253 e. The maximum Gasteiger partial charge on any atom is 0.253 e. The molecule has 1 saturated carbocycles. The van der Waals surface area contributed by atoms with Crippen LogP contribution in [0.5, 0.6) is 0 Å². The quantitative estimate of drug-likeness (QED) is 0.720. The number of pyridine rings is 1. The molecular formula is C22H24N4O3. The summed E-state index contributed by atoms with van der Waals surface area (Å²) in [6.45, 7) is 2.55. The molecule has 1 aliphatic carbocycles. The third-order valence-electron chi connectivity index (χ3n) is 5.54. The first-order valence-corrected chi connectivity index (χ1v) is 9.93. The maximum atomic E-state index is 12.9. The predicted molar refractivity (Wildman–Crippen MR) is 109 cm³/mol. The lowest BCUT2D eigenvalue weighted by molar-refractivity contribution is -0.124. The van der Waals surface area contributed by atoms with Crippen LogP contribution in [0.2, 0.25) is 0 Å². The SMILES string of the molecule is CCNC(=O)C1CCC(N(C)C(=O)c2ccc(-c3nc4cccnc4o3)cc2)C1. The van der Waals surface area contributed by atoms with E-state index in [0.29, 0.717) is 35.6 Å². The molecule has 1 aliphatic rings. The van der Waals surface area contributed by atoms with E-state index in [1.807, 2.05) is 38.2 Å². The molecule has 2 aromatic heterocycles. The van der Waals surface area contributed by atoms with Crippen molar-refractivity contribution in [3.8, 4) is 11.5 Å². The third kappa shape index (κ3) is 3.85. The molecule has 2 amide bonds. The summed E-state index contributed by atoms with van der Waals surface area (Å²) >= 11 is 0. The van der Waals surface area contributed by atoms with E-state index in [4.69, 9.17) is 4.42 Å². The van der Waals surface area contributed by atoms with Gasteiger partial charge in [-0.1, -0.05) is 0 Å². The predicted octanol–water partition coefficient (Wildman–Crippen LogP) is 3.27. The van der Waals surface area contributed by atoms with Crippen LogP contribution in [-0.2, 0) is 4.79 Å². The Labute approximate surface area is 169 Å². The van der Waals surface area contributed by atoms with Crippen molar-refractivity contribution in [1.29, 1.82) is 0 Å². The van der Waals surface area contributed by atoms with Gasteiger partial charge >= 0.3 is 0 Å². The first-order chi connectivity index (χ1) is 14.1. The number of amides is 2. The topological polar surface area (TPSA) is 88.3 Å². The number of hydrogen-bond acceptors (Lipinski definition) is 5. The number of benzene rings is 1. The van der Waals surface area contributed by atoms with Crippen molar-refractivity contribution in [1.82, 2.24) is 20.2 Å². The van der Waals surface area contributed by atoms with Gasteiger partial charge in [0, 0.05) is 42.9 Å². The average Bonchev–Trinajstić information content (AvgIpc) is 3.40. The number of oxazole rings is 1. The minimum Gasteiger partial charge on any atom is -0.418 e. The number of carbonyl (C=O) groups is 2. The summed E-state index contributed by atoms with van der Waals surface area (Å²) in [5.41, 5.74) is 2.59. The fourth-order valence-corrected chi connectivity index (χ4v) is 3.88. The molecule has 1 N–H and O–H groups in total. The van der Waals surface area contributed by atoms with E-state index >= 15 is 0 Å². The van der Waals surface area contributed by atoms with E-state index in [0.717, 1.165) is 18.4 Å². The summed E-state index contributed by atoms with van der Waals surface area (Å²) in [6, 6.07) is 11.0. The molecule has 7 nitrogen and oxygen atoms in total. The Morgan fingerprint density at radius 2 is 2.00 bits per heavy atom. The highest BCUT2D eigenvalue weighted by Crippen LogP contribution is 2.30. The van der Waals surface area contributed by atoms with Crippen LogP contribution >= 0.6 is 0 Å². The average molecular weight is 392 g/mol. The van der Waals surface area contributed by atoms with Gasteiger partial charge in [-0.05, 0) is 62.6 Å². The molecule has 0 bridgehead atoms. The zero-order valence-electron chi connectivity index (χ0n) is 16.6. The fraction of sp³-hybridized carbons (Fsp3) is 0.364. The van der Waals surface area contributed by atoms with Crippen LogP contribution in [0.15, 0.2) is 47.0 Å². The summed E-state index contributed by atoms with van der Waals surface area (Å²) in [6.07, 6.45) is 4.03. The molecule has 1 aromatic carbocycles. The highest BCUT2D eigenvalue weighted by molar-refractivity contribution is 5.94. The summed E-state index contributed by atoms with van der Waals surface area (Å²) in [7, 11) is 1.81. The molecular weight excluding hydrogens is 368 g/mol. The van der Waals surface area contributed by atoms with Gasteiger partial charge in [-0.25, -0.2) is 9.97 Å². The number of fused-ring (bicyclic) bond motifs is 1. The lowest BCUT2D eigenvalue weighted by Crippen LogP contribution is -2.36. The number of nitrogens with zero attached hydrogens (tertiary/aromatic N) is 3. The molecule has 0 spiro atoms. The van der Waals surface area contributed by atoms with Crippen LogP contribution in [0.25, 0.3) is 22.7 Å². The van der Waals surface area contributed by atoms with Crippen molar-refractivity contribution in [2.45, 2.75) is 32.2 Å². The van der Waals surface area contributed by atoms with Crippen molar-refractivity contribution in [3.63, 3.8) is 0 Å². The largest absolute Gasteiger partial charge is 0.418 e. The molecule has 0 aliphatic heterocycles. The molecule has 3 aromatic rings. The second-order valence-corrected chi connectivity index (χ2v) is 7.40. The first kappa shape index (κ1) is 19.1. The van der Waals surface area contributed by atoms with Gasteiger partial charge in [-0.15, -0.1) is 0 Å². The highest BCUT2D eigenvalue weighted by atomic mass is 16.4. The molecule has 1 fully saturated rings. The Hall–Kier alpha value is -3.22. The van der Waals surface area contributed by atoms with Crippen LogP contribution < -0.4 is 5.32 Å². The second-order valence-electron chi connectivity index (χ2n) is 7.40. The van der Waals surface area contributed by atoms with E-state index in [1.165, 1.54) is 0 Å². The minimum absolute atomic E-state index is 0.00894. The first-order valence-electron chi connectivity index (χ1n) is 9.93. The fourth-order valence-electron chi connectivity index (χ4n) is 3.88. The van der Waals surface area contributed by atoms with Crippen LogP contribution in [-0.4, -0.2) is 46.3 Å². The van der Waals surface area contributed by atoms with Crippen LogP contribution in [0.4, 0.5) is 0 Å². The maximum absolute atomic E-state index is 12.9. The Morgan fingerprint density at radius 1 is 1.21 bits per heavy atom. The van der Waals surface area contributed by atoms with Crippen LogP contribution in [0.1, 0.15) is 36.5 Å². The lowest BCUT2D eigenvalue weighted by atomic mass is 10.1. The van der Waals surface area contributed by atoms with Crippen molar-refractivity contribution in [2.24, 2.45) is 5.92 Å². The molecule has 4 rings (SSSR count). The van der Waals surface area contributed by atoms with Gasteiger partial charge in [0.25, 0.3) is 5.91 Å². The molecule has 0 radical (unpaired) electrons. The van der Waals surface area contributed by atoms with Gasteiger partial charge in [0.05, 0.1) is 0 Å². The van der Waals surface area contributed by atoms with Gasteiger partial charge in [0.1, 0.15) is 5.52 Å². The minimum atomic E-state index is -0.0441. The number of nitrogens with one attached hydrogen (secondary N) is 1. The van der Waals surface area contributed by atoms with E-state index in [9.17, 15) is 9.59 Å². The molecule has 2 atom stereocenters. The zero-order chi connectivity index (χ0) is 20.4. The van der Waals surface area contributed by atoms with Gasteiger partial charge in [-0.2, -0.15) is 0 Å². The third-order valence-corrected chi connectivity index (χ3v) is 5.54. The van der Waals surface area contributed by atoms with Crippen molar-refractivity contribution < 1.29 is 14.0 Å². The second kappa shape index (κ2) is 8.03.